The Labute approximate surface area is 75.8 Å². The smallest absolute Gasteiger partial charge is 0.0470 e. The van der Waals surface area contributed by atoms with Crippen molar-refractivity contribution in [3.05, 3.63) is 11.1 Å². The summed E-state index contributed by atoms with van der Waals surface area (Å²) in [5.41, 5.74) is 3.65. The van der Waals surface area contributed by atoms with Crippen LogP contribution in [0.3, 0.4) is 0 Å². The maximum Gasteiger partial charge on any atom is 0.0470 e. The first-order valence-corrected chi connectivity index (χ1v) is 4.76. The van der Waals surface area contributed by atoms with E-state index in [2.05, 4.69) is 20.8 Å². The molecule has 0 N–H and O–H groups in total. The van der Waals surface area contributed by atoms with Crippen molar-refractivity contribution in [1.82, 2.24) is 0 Å². The fourth-order valence-corrected chi connectivity index (χ4v) is 2.13. The van der Waals surface area contributed by atoms with Gasteiger partial charge in [-0.1, -0.05) is 18.1 Å². The molecular formula is C11H20O. The third kappa shape index (κ3) is 1.71. The van der Waals surface area contributed by atoms with E-state index < -0.39 is 0 Å². The second kappa shape index (κ2) is 3.61. The van der Waals surface area contributed by atoms with Crippen molar-refractivity contribution in [3.63, 3.8) is 0 Å². The van der Waals surface area contributed by atoms with Crippen molar-refractivity contribution in [2.45, 2.75) is 40.0 Å². The van der Waals surface area contributed by atoms with Gasteiger partial charge in [0.15, 0.2) is 0 Å². The Morgan fingerprint density at radius 3 is 2.50 bits per heavy atom. The highest BCUT2D eigenvalue weighted by Gasteiger charge is 2.37. The summed E-state index contributed by atoms with van der Waals surface area (Å²) in [4.78, 5) is 0. The van der Waals surface area contributed by atoms with Crippen LogP contribution in [0.2, 0.25) is 0 Å². The largest absolute Gasteiger partial charge is 0.385 e. The van der Waals surface area contributed by atoms with Crippen LogP contribution in [-0.2, 0) is 4.74 Å². The summed E-state index contributed by atoms with van der Waals surface area (Å²) in [7, 11) is 1.78. The first-order chi connectivity index (χ1) is 5.60. The third-order valence-electron chi connectivity index (χ3n) is 3.12. The van der Waals surface area contributed by atoms with Crippen LogP contribution < -0.4 is 0 Å². The van der Waals surface area contributed by atoms with Gasteiger partial charge in [0, 0.05) is 13.7 Å². The van der Waals surface area contributed by atoms with Gasteiger partial charge < -0.3 is 4.74 Å². The van der Waals surface area contributed by atoms with Crippen LogP contribution in [0, 0.1) is 5.41 Å². The third-order valence-corrected chi connectivity index (χ3v) is 3.12. The van der Waals surface area contributed by atoms with Crippen LogP contribution in [0.4, 0.5) is 0 Å². The maximum absolute atomic E-state index is 5.12. The fraction of sp³-hybridized carbons (Fsp3) is 0.818. The zero-order valence-electron chi connectivity index (χ0n) is 8.74. The van der Waals surface area contributed by atoms with Gasteiger partial charge in [-0.25, -0.2) is 0 Å². The minimum absolute atomic E-state index is 0.467. The van der Waals surface area contributed by atoms with Gasteiger partial charge in [0.25, 0.3) is 0 Å². The Bertz CT molecular complexity index is 189. The van der Waals surface area contributed by atoms with E-state index >= 15 is 0 Å². The quantitative estimate of drug-likeness (QED) is 0.588. The molecule has 0 bridgehead atoms. The lowest BCUT2D eigenvalue weighted by atomic mass is 9.62. The molecule has 0 aromatic heterocycles. The zero-order valence-corrected chi connectivity index (χ0v) is 8.74. The van der Waals surface area contributed by atoms with Crippen LogP contribution in [0.5, 0.6) is 0 Å². The SMILES string of the molecule is COCCC1(C)CCC1=C(C)C. The van der Waals surface area contributed by atoms with E-state index in [1.54, 1.807) is 12.7 Å². The van der Waals surface area contributed by atoms with Gasteiger partial charge in [-0.2, -0.15) is 0 Å². The lowest BCUT2D eigenvalue weighted by molar-refractivity contribution is 0.132. The molecule has 0 aromatic rings. The second-order valence-corrected chi connectivity index (χ2v) is 4.28. The molecule has 70 valence electrons. The van der Waals surface area contributed by atoms with E-state index in [4.69, 9.17) is 4.74 Å². The highest BCUT2D eigenvalue weighted by molar-refractivity contribution is 5.26. The molecule has 1 unspecified atom stereocenters. The molecule has 1 rings (SSSR count). The summed E-state index contributed by atoms with van der Waals surface area (Å²) in [6.45, 7) is 7.70. The molecule has 1 fully saturated rings. The van der Waals surface area contributed by atoms with Gasteiger partial charge >= 0.3 is 0 Å². The van der Waals surface area contributed by atoms with E-state index in [9.17, 15) is 0 Å². The zero-order chi connectivity index (χ0) is 9.19. The Morgan fingerprint density at radius 2 is 2.17 bits per heavy atom. The van der Waals surface area contributed by atoms with E-state index in [1.807, 2.05) is 0 Å². The Morgan fingerprint density at radius 1 is 1.50 bits per heavy atom. The minimum atomic E-state index is 0.467. The van der Waals surface area contributed by atoms with Gasteiger partial charge in [-0.05, 0) is 38.5 Å². The van der Waals surface area contributed by atoms with Gasteiger partial charge in [0.1, 0.15) is 0 Å². The maximum atomic E-state index is 5.12. The topological polar surface area (TPSA) is 9.23 Å². The highest BCUT2D eigenvalue weighted by atomic mass is 16.5. The molecule has 1 aliphatic rings. The van der Waals surface area contributed by atoms with Crippen molar-refractivity contribution in [2.24, 2.45) is 5.41 Å². The van der Waals surface area contributed by atoms with Gasteiger partial charge in [-0.15, -0.1) is 0 Å². The molecule has 0 aliphatic heterocycles. The average molecular weight is 168 g/mol. The molecule has 0 saturated heterocycles. The van der Waals surface area contributed by atoms with Crippen LogP contribution in [-0.4, -0.2) is 13.7 Å². The van der Waals surface area contributed by atoms with Crippen molar-refractivity contribution in [2.75, 3.05) is 13.7 Å². The van der Waals surface area contributed by atoms with Crippen molar-refractivity contribution >= 4 is 0 Å². The monoisotopic (exact) mass is 168 g/mol. The van der Waals surface area contributed by atoms with Gasteiger partial charge in [0.05, 0.1) is 0 Å². The first-order valence-electron chi connectivity index (χ1n) is 4.76. The second-order valence-electron chi connectivity index (χ2n) is 4.28. The lowest BCUT2D eigenvalue weighted by Gasteiger charge is -2.43. The standard InChI is InChI=1S/C11H20O/c1-9(2)10-5-6-11(10,3)7-8-12-4/h5-8H2,1-4H3. The molecule has 12 heavy (non-hydrogen) atoms. The summed E-state index contributed by atoms with van der Waals surface area (Å²) >= 11 is 0. The first kappa shape index (κ1) is 9.79. The van der Waals surface area contributed by atoms with Crippen LogP contribution in [0.1, 0.15) is 40.0 Å². The lowest BCUT2D eigenvalue weighted by Crippen LogP contribution is -2.31. The summed E-state index contributed by atoms with van der Waals surface area (Å²) < 4.78 is 5.12. The molecular weight excluding hydrogens is 148 g/mol. The molecule has 0 heterocycles. The molecule has 0 spiro atoms. The van der Waals surface area contributed by atoms with Gasteiger partial charge in [0.2, 0.25) is 0 Å². The normalized spacial score (nSPS) is 28.5. The molecule has 0 amide bonds. The van der Waals surface area contributed by atoms with Crippen molar-refractivity contribution < 1.29 is 4.74 Å². The van der Waals surface area contributed by atoms with Crippen molar-refractivity contribution in [1.29, 1.82) is 0 Å². The molecule has 0 radical (unpaired) electrons. The number of methoxy groups -OCH3 is 1. The van der Waals surface area contributed by atoms with Gasteiger partial charge in [-0.3, -0.25) is 0 Å². The number of rotatable bonds is 3. The molecule has 1 atom stereocenters. The molecule has 1 heteroatoms. The summed E-state index contributed by atoms with van der Waals surface area (Å²) in [6.07, 6.45) is 3.84. The highest BCUT2D eigenvalue weighted by Crippen LogP contribution is 2.49. The van der Waals surface area contributed by atoms with Crippen LogP contribution in [0.25, 0.3) is 0 Å². The summed E-state index contributed by atoms with van der Waals surface area (Å²) in [6, 6.07) is 0. The van der Waals surface area contributed by atoms with Crippen LogP contribution in [0.15, 0.2) is 11.1 Å². The number of allylic oxidation sites excluding steroid dienone is 2. The van der Waals surface area contributed by atoms with E-state index in [0.717, 1.165) is 6.61 Å². The molecule has 1 saturated carbocycles. The predicted octanol–water partition coefficient (Wildman–Crippen LogP) is 3.16. The minimum Gasteiger partial charge on any atom is -0.385 e. The van der Waals surface area contributed by atoms with Crippen LogP contribution >= 0.6 is 0 Å². The number of hydrogen-bond donors (Lipinski definition) is 0. The summed E-state index contributed by atoms with van der Waals surface area (Å²) in [5, 5.41) is 0. The molecule has 0 aromatic carbocycles. The number of hydrogen-bond acceptors (Lipinski definition) is 1. The van der Waals surface area contributed by atoms with Crippen molar-refractivity contribution in [3.8, 4) is 0 Å². The molecule has 1 aliphatic carbocycles. The summed E-state index contributed by atoms with van der Waals surface area (Å²) in [5.74, 6) is 0. The fourth-order valence-electron chi connectivity index (χ4n) is 2.13. The average Bonchev–Trinajstić information content (AvgIpc) is 1.97. The van der Waals surface area contributed by atoms with E-state index in [1.165, 1.54) is 24.8 Å². The number of ether oxygens (including phenoxy) is 1. The Balaban J connectivity index is 2.55. The van der Waals surface area contributed by atoms with E-state index in [0.29, 0.717) is 5.41 Å². The Kier molecular flexibility index (Phi) is 2.94. The van der Waals surface area contributed by atoms with E-state index in [-0.39, 0.29) is 0 Å². The Hall–Kier alpha value is -0.300. The molecule has 1 nitrogen and oxygen atoms in total. The predicted molar refractivity (Wildman–Crippen MR) is 52.2 cm³/mol.